The largest absolute Gasteiger partial charge is 0.327 e. The van der Waals surface area contributed by atoms with Gasteiger partial charge in [0, 0.05) is 6.04 Å². The van der Waals surface area contributed by atoms with Crippen molar-refractivity contribution in [3.05, 3.63) is 69.5 Å². The van der Waals surface area contributed by atoms with Crippen LogP contribution in [0.25, 0.3) is 0 Å². The highest BCUT2D eigenvalue weighted by Gasteiger charge is 2.11. The fourth-order valence-corrected chi connectivity index (χ4v) is 2.74. The molecule has 3 heteroatoms. The van der Waals surface area contributed by atoms with E-state index in [1.807, 2.05) is 0 Å². The number of nitrogens with two attached hydrogens (primary N) is 1. The summed E-state index contributed by atoms with van der Waals surface area (Å²) in [6, 6.07) is 11.3. The fourth-order valence-electron chi connectivity index (χ4n) is 2.55. The fraction of sp³-hybridized carbons (Fsp3) is 0.294. The zero-order chi connectivity index (χ0) is 14.7. The van der Waals surface area contributed by atoms with Crippen LogP contribution in [-0.2, 0) is 12.8 Å². The first-order valence-corrected chi connectivity index (χ1v) is 7.09. The Kier molecular flexibility index (Phi) is 4.79. The number of aryl methyl sites for hydroxylation is 2. The lowest BCUT2D eigenvalue weighted by Gasteiger charge is -2.14. The van der Waals surface area contributed by atoms with Gasteiger partial charge in [-0.3, -0.25) is 0 Å². The van der Waals surface area contributed by atoms with Crippen molar-refractivity contribution in [1.82, 2.24) is 0 Å². The van der Waals surface area contributed by atoms with Crippen LogP contribution < -0.4 is 5.73 Å². The van der Waals surface area contributed by atoms with Gasteiger partial charge in [-0.1, -0.05) is 53.1 Å². The molecule has 0 heterocycles. The summed E-state index contributed by atoms with van der Waals surface area (Å²) < 4.78 is 13.8. The smallest absolute Gasteiger partial charge is 0.145 e. The maximum absolute atomic E-state index is 13.8. The zero-order valence-corrected chi connectivity index (χ0v) is 12.5. The van der Waals surface area contributed by atoms with Crippen molar-refractivity contribution in [2.75, 3.05) is 0 Å². The number of rotatable bonds is 4. The minimum atomic E-state index is -0.356. The van der Waals surface area contributed by atoms with Crippen molar-refractivity contribution in [3.8, 4) is 0 Å². The highest BCUT2D eigenvalue weighted by Crippen LogP contribution is 2.20. The van der Waals surface area contributed by atoms with E-state index in [4.69, 9.17) is 17.3 Å². The van der Waals surface area contributed by atoms with Crippen molar-refractivity contribution < 1.29 is 4.39 Å². The second-order valence-corrected chi connectivity index (χ2v) is 5.78. The number of benzene rings is 2. The van der Waals surface area contributed by atoms with Crippen LogP contribution in [0.1, 0.15) is 22.3 Å². The number of hydrogen-bond acceptors (Lipinski definition) is 1. The van der Waals surface area contributed by atoms with Crippen LogP contribution >= 0.6 is 11.6 Å². The topological polar surface area (TPSA) is 26.0 Å². The van der Waals surface area contributed by atoms with Gasteiger partial charge in [-0.2, -0.15) is 0 Å². The summed E-state index contributed by atoms with van der Waals surface area (Å²) >= 11 is 5.78. The summed E-state index contributed by atoms with van der Waals surface area (Å²) in [7, 11) is 0. The minimum Gasteiger partial charge on any atom is -0.327 e. The van der Waals surface area contributed by atoms with Crippen LogP contribution in [0.4, 0.5) is 4.39 Å². The Bertz CT molecular complexity index is 590. The van der Waals surface area contributed by atoms with Crippen LogP contribution in [0.5, 0.6) is 0 Å². The van der Waals surface area contributed by atoms with Crippen LogP contribution in [0.15, 0.2) is 36.4 Å². The average Bonchev–Trinajstić information content (AvgIpc) is 2.33. The van der Waals surface area contributed by atoms with E-state index in [2.05, 4.69) is 32.0 Å². The molecule has 106 valence electrons. The highest BCUT2D eigenvalue weighted by molar-refractivity contribution is 6.30. The Morgan fingerprint density at radius 2 is 1.75 bits per heavy atom. The van der Waals surface area contributed by atoms with Gasteiger partial charge in [-0.15, -0.1) is 0 Å². The predicted molar refractivity (Wildman–Crippen MR) is 82.7 cm³/mol. The lowest BCUT2D eigenvalue weighted by molar-refractivity contribution is 0.584. The normalized spacial score (nSPS) is 12.4. The molecule has 0 radical (unpaired) electrons. The average molecular weight is 292 g/mol. The van der Waals surface area contributed by atoms with Gasteiger partial charge in [0.05, 0.1) is 5.02 Å². The molecular formula is C17H19ClFN. The lowest BCUT2D eigenvalue weighted by atomic mass is 9.97. The van der Waals surface area contributed by atoms with Gasteiger partial charge < -0.3 is 5.73 Å². The predicted octanol–water partition coefficient (Wildman–Crippen LogP) is 4.21. The maximum atomic E-state index is 13.8. The maximum Gasteiger partial charge on any atom is 0.145 e. The van der Waals surface area contributed by atoms with Crippen molar-refractivity contribution in [1.29, 1.82) is 0 Å². The summed E-state index contributed by atoms with van der Waals surface area (Å²) in [6.45, 7) is 4.14. The molecule has 0 aliphatic heterocycles. The molecular weight excluding hydrogens is 273 g/mol. The van der Waals surface area contributed by atoms with E-state index < -0.39 is 0 Å². The molecule has 1 unspecified atom stereocenters. The molecule has 2 aromatic rings. The van der Waals surface area contributed by atoms with Crippen molar-refractivity contribution in [2.45, 2.75) is 32.7 Å². The van der Waals surface area contributed by atoms with E-state index in [0.29, 0.717) is 12.0 Å². The first-order valence-electron chi connectivity index (χ1n) is 6.71. The van der Waals surface area contributed by atoms with Crippen LogP contribution in [0.2, 0.25) is 5.02 Å². The second kappa shape index (κ2) is 6.38. The molecule has 0 fully saturated rings. The summed E-state index contributed by atoms with van der Waals surface area (Å²) in [5.74, 6) is -0.356. The molecule has 0 bridgehead atoms. The highest BCUT2D eigenvalue weighted by atomic mass is 35.5. The van der Waals surface area contributed by atoms with Gasteiger partial charge in [0.15, 0.2) is 0 Å². The van der Waals surface area contributed by atoms with E-state index in [0.717, 1.165) is 6.42 Å². The summed E-state index contributed by atoms with van der Waals surface area (Å²) in [5, 5.41) is 0.154. The van der Waals surface area contributed by atoms with E-state index >= 15 is 0 Å². The first-order chi connectivity index (χ1) is 9.45. The van der Waals surface area contributed by atoms with Gasteiger partial charge in [0.25, 0.3) is 0 Å². The molecule has 0 saturated heterocycles. The lowest BCUT2D eigenvalue weighted by Crippen LogP contribution is -2.26. The van der Waals surface area contributed by atoms with E-state index in [1.165, 1.54) is 16.7 Å². The van der Waals surface area contributed by atoms with Crippen LogP contribution in [0, 0.1) is 19.7 Å². The molecule has 0 aromatic heterocycles. The van der Waals surface area contributed by atoms with E-state index in [9.17, 15) is 4.39 Å². The molecule has 20 heavy (non-hydrogen) atoms. The standard InChI is InChI=1S/C17H19ClFN/c1-11-6-12(2)8-13(7-11)9-15(20)10-14-4-3-5-16(18)17(14)19/h3-8,15H,9-10,20H2,1-2H3. The number of hydrogen-bond donors (Lipinski definition) is 1. The van der Waals surface area contributed by atoms with Crippen LogP contribution in [-0.4, -0.2) is 6.04 Å². The summed E-state index contributed by atoms with van der Waals surface area (Å²) in [4.78, 5) is 0. The third-order valence-corrected chi connectivity index (χ3v) is 3.58. The Morgan fingerprint density at radius 1 is 1.10 bits per heavy atom. The van der Waals surface area contributed by atoms with Gasteiger partial charge in [-0.25, -0.2) is 4.39 Å². The van der Waals surface area contributed by atoms with Gasteiger partial charge in [-0.05, 0) is 43.9 Å². The Hall–Kier alpha value is -1.38. The second-order valence-electron chi connectivity index (χ2n) is 5.38. The van der Waals surface area contributed by atoms with Gasteiger partial charge in [0.2, 0.25) is 0 Å². The Morgan fingerprint density at radius 3 is 2.40 bits per heavy atom. The zero-order valence-electron chi connectivity index (χ0n) is 11.8. The van der Waals surface area contributed by atoms with Crippen LogP contribution in [0.3, 0.4) is 0 Å². The SMILES string of the molecule is Cc1cc(C)cc(CC(N)Cc2cccc(Cl)c2F)c1. The monoisotopic (exact) mass is 291 g/mol. The summed E-state index contributed by atoms with van der Waals surface area (Å²) in [5.41, 5.74) is 10.4. The third kappa shape index (κ3) is 3.81. The first kappa shape index (κ1) is 15.0. The Labute approximate surface area is 124 Å². The Balaban J connectivity index is 2.09. The molecule has 0 spiro atoms. The molecule has 0 saturated carbocycles. The van der Waals surface area contributed by atoms with Crippen molar-refractivity contribution >= 4 is 11.6 Å². The molecule has 1 nitrogen and oxygen atoms in total. The molecule has 0 aliphatic carbocycles. The molecule has 0 aliphatic rings. The van der Waals surface area contributed by atoms with Gasteiger partial charge in [0.1, 0.15) is 5.82 Å². The van der Waals surface area contributed by atoms with Crippen molar-refractivity contribution in [3.63, 3.8) is 0 Å². The van der Waals surface area contributed by atoms with Gasteiger partial charge >= 0.3 is 0 Å². The molecule has 2 aromatic carbocycles. The summed E-state index contributed by atoms with van der Waals surface area (Å²) in [6.07, 6.45) is 1.22. The molecule has 0 amide bonds. The van der Waals surface area contributed by atoms with Crippen molar-refractivity contribution in [2.24, 2.45) is 5.73 Å². The minimum absolute atomic E-state index is 0.121. The van der Waals surface area contributed by atoms with E-state index in [-0.39, 0.29) is 16.9 Å². The molecule has 1 atom stereocenters. The molecule has 2 rings (SSSR count). The quantitative estimate of drug-likeness (QED) is 0.897. The third-order valence-electron chi connectivity index (χ3n) is 3.29. The molecule has 2 N–H and O–H groups in total. The number of halogens is 2. The van der Waals surface area contributed by atoms with E-state index in [1.54, 1.807) is 18.2 Å².